The van der Waals surface area contributed by atoms with Crippen molar-refractivity contribution in [2.45, 2.75) is 39.3 Å². The highest BCUT2D eigenvalue weighted by molar-refractivity contribution is 5.41. The third-order valence-corrected chi connectivity index (χ3v) is 3.64. The van der Waals surface area contributed by atoms with E-state index in [0.29, 0.717) is 6.10 Å². The maximum Gasteiger partial charge on any atom is 0.128 e. The smallest absolute Gasteiger partial charge is 0.128 e. The molecule has 0 aromatic carbocycles. The molecule has 4 nitrogen and oxygen atoms in total. The van der Waals surface area contributed by atoms with Crippen molar-refractivity contribution in [1.82, 2.24) is 10.3 Å². The van der Waals surface area contributed by atoms with Gasteiger partial charge in [0.1, 0.15) is 5.82 Å². The fourth-order valence-corrected chi connectivity index (χ4v) is 2.42. The van der Waals surface area contributed by atoms with E-state index in [-0.39, 0.29) is 0 Å². The predicted molar refractivity (Wildman–Crippen MR) is 78.6 cm³/mol. The minimum atomic E-state index is 0.369. The number of hydrogen-bond donors (Lipinski definition) is 1. The van der Waals surface area contributed by atoms with Crippen molar-refractivity contribution >= 4 is 5.82 Å². The van der Waals surface area contributed by atoms with Gasteiger partial charge in [0.2, 0.25) is 0 Å². The number of aromatic nitrogens is 1. The molecule has 1 aliphatic heterocycles. The Labute approximate surface area is 116 Å². The minimum Gasteiger partial charge on any atom is -0.376 e. The van der Waals surface area contributed by atoms with Gasteiger partial charge in [-0.1, -0.05) is 13.0 Å². The van der Waals surface area contributed by atoms with Crippen LogP contribution in [0.5, 0.6) is 0 Å². The van der Waals surface area contributed by atoms with Gasteiger partial charge in [-0.25, -0.2) is 4.98 Å². The van der Waals surface area contributed by atoms with Crippen molar-refractivity contribution in [3.63, 3.8) is 0 Å². The summed E-state index contributed by atoms with van der Waals surface area (Å²) in [5.41, 5.74) is 2.38. The number of nitrogens with zero attached hydrogens (tertiary/aromatic N) is 2. The molecule has 0 aliphatic carbocycles. The first-order valence-electron chi connectivity index (χ1n) is 7.20. The Bertz CT molecular complexity index is 402. The Morgan fingerprint density at radius 2 is 2.32 bits per heavy atom. The molecule has 0 radical (unpaired) electrons. The van der Waals surface area contributed by atoms with Crippen molar-refractivity contribution < 1.29 is 4.74 Å². The molecule has 1 unspecified atom stereocenters. The summed E-state index contributed by atoms with van der Waals surface area (Å²) >= 11 is 0. The fraction of sp³-hybridized carbons (Fsp3) is 0.667. The normalized spacial score (nSPS) is 18.8. The van der Waals surface area contributed by atoms with Gasteiger partial charge in [-0.3, -0.25) is 0 Å². The molecule has 0 amide bonds. The van der Waals surface area contributed by atoms with E-state index in [1.165, 1.54) is 18.4 Å². The van der Waals surface area contributed by atoms with Crippen molar-refractivity contribution in [1.29, 1.82) is 0 Å². The van der Waals surface area contributed by atoms with Gasteiger partial charge in [0.05, 0.1) is 6.10 Å². The Morgan fingerprint density at radius 3 is 2.95 bits per heavy atom. The van der Waals surface area contributed by atoms with E-state index in [0.717, 1.165) is 37.8 Å². The zero-order valence-corrected chi connectivity index (χ0v) is 12.3. The van der Waals surface area contributed by atoms with Crippen LogP contribution in [0, 0.1) is 6.92 Å². The molecule has 1 saturated heterocycles. The number of aryl methyl sites for hydroxylation is 1. The highest BCUT2D eigenvalue weighted by Crippen LogP contribution is 2.18. The lowest BCUT2D eigenvalue weighted by atomic mass is 10.2. The second-order valence-corrected chi connectivity index (χ2v) is 5.21. The van der Waals surface area contributed by atoms with Crippen LogP contribution in [-0.2, 0) is 11.3 Å². The molecule has 2 heterocycles. The van der Waals surface area contributed by atoms with E-state index in [1.807, 2.05) is 0 Å². The summed E-state index contributed by atoms with van der Waals surface area (Å²) in [6, 6.07) is 4.28. The maximum atomic E-state index is 5.67. The number of anilines is 1. The third kappa shape index (κ3) is 3.91. The highest BCUT2D eigenvalue weighted by atomic mass is 16.5. The number of nitrogens with one attached hydrogen (secondary N) is 1. The molecule has 1 aromatic rings. The summed E-state index contributed by atoms with van der Waals surface area (Å²) in [4.78, 5) is 6.89. The molecule has 1 N–H and O–H groups in total. The van der Waals surface area contributed by atoms with Crippen LogP contribution in [-0.4, -0.2) is 37.8 Å². The van der Waals surface area contributed by atoms with E-state index < -0.39 is 0 Å². The Hall–Kier alpha value is -1.13. The molecular weight excluding hydrogens is 238 g/mol. The number of ether oxygens (including phenoxy) is 1. The molecule has 106 valence electrons. The Morgan fingerprint density at radius 1 is 1.47 bits per heavy atom. The number of pyridine rings is 1. The minimum absolute atomic E-state index is 0.369. The quantitative estimate of drug-likeness (QED) is 0.853. The number of rotatable bonds is 6. The van der Waals surface area contributed by atoms with Gasteiger partial charge in [0.25, 0.3) is 0 Å². The predicted octanol–water partition coefficient (Wildman–Crippen LogP) is 2.11. The average molecular weight is 263 g/mol. The number of hydrogen-bond acceptors (Lipinski definition) is 4. The van der Waals surface area contributed by atoms with Crippen LogP contribution < -0.4 is 10.2 Å². The summed E-state index contributed by atoms with van der Waals surface area (Å²) < 4.78 is 5.67. The van der Waals surface area contributed by atoms with E-state index in [2.05, 4.69) is 43.2 Å². The van der Waals surface area contributed by atoms with Gasteiger partial charge < -0.3 is 15.0 Å². The van der Waals surface area contributed by atoms with Crippen LogP contribution in [0.15, 0.2) is 12.1 Å². The average Bonchev–Trinajstić information content (AvgIpc) is 2.90. The molecule has 1 atom stereocenters. The van der Waals surface area contributed by atoms with Crippen molar-refractivity contribution in [3.05, 3.63) is 23.4 Å². The lowest BCUT2D eigenvalue weighted by Crippen LogP contribution is -2.29. The monoisotopic (exact) mass is 263 g/mol. The molecule has 1 aromatic heterocycles. The van der Waals surface area contributed by atoms with Crippen molar-refractivity contribution in [2.75, 3.05) is 31.6 Å². The van der Waals surface area contributed by atoms with Gasteiger partial charge in [0.15, 0.2) is 0 Å². The van der Waals surface area contributed by atoms with Crippen LogP contribution in [0.2, 0.25) is 0 Å². The van der Waals surface area contributed by atoms with Crippen LogP contribution >= 0.6 is 0 Å². The van der Waals surface area contributed by atoms with Crippen LogP contribution in [0.4, 0.5) is 5.82 Å². The molecule has 1 fully saturated rings. The van der Waals surface area contributed by atoms with Crippen LogP contribution in [0.1, 0.15) is 31.0 Å². The zero-order chi connectivity index (χ0) is 13.7. The lowest BCUT2D eigenvalue weighted by Gasteiger charge is -2.22. The van der Waals surface area contributed by atoms with E-state index in [9.17, 15) is 0 Å². The summed E-state index contributed by atoms with van der Waals surface area (Å²) in [7, 11) is 2.09. The first-order chi connectivity index (χ1) is 9.20. The molecule has 0 spiro atoms. The SMILES string of the molecule is CCNCc1ccc(N(C)CC2CCCO2)nc1C. The molecule has 1 aliphatic rings. The molecule has 19 heavy (non-hydrogen) atoms. The number of likely N-dealkylation sites (N-methyl/N-ethyl adjacent to an activating group) is 1. The van der Waals surface area contributed by atoms with E-state index in [4.69, 9.17) is 9.72 Å². The third-order valence-electron chi connectivity index (χ3n) is 3.64. The van der Waals surface area contributed by atoms with E-state index in [1.54, 1.807) is 0 Å². The molecule has 0 bridgehead atoms. The van der Waals surface area contributed by atoms with Gasteiger partial charge in [0, 0.05) is 32.4 Å². The van der Waals surface area contributed by atoms with Gasteiger partial charge >= 0.3 is 0 Å². The molecule has 2 rings (SSSR count). The topological polar surface area (TPSA) is 37.4 Å². The molecular formula is C15H25N3O. The standard InChI is InChI=1S/C15H25N3O/c1-4-16-10-13-7-8-15(17-12(13)2)18(3)11-14-6-5-9-19-14/h7-8,14,16H,4-6,9-11H2,1-3H3. The second kappa shape index (κ2) is 6.87. The highest BCUT2D eigenvalue weighted by Gasteiger charge is 2.18. The largest absolute Gasteiger partial charge is 0.376 e. The molecule has 4 heteroatoms. The summed E-state index contributed by atoms with van der Waals surface area (Å²) in [6.45, 7) is 7.92. The summed E-state index contributed by atoms with van der Waals surface area (Å²) in [6.07, 6.45) is 2.72. The first kappa shape index (κ1) is 14.3. The van der Waals surface area contributed by atoms with Crippen molar-refractivity contribution in [2.24, 2.45) is 0 Å². The van der Waals surface area contributed by atoms with Crippen molar-refractivity contribution in [3.8, 4) is 0 Å². The van der Waals surface area contributed by atoms with Gasteiger partial charge in [-0.15, -0.1) is 0 Å². The zero-order valence-electron chi connectivity index (χ0n) is 12.3. The van der Waals surface area contributed by atoms with Crippen LogP contribution in [0.3, 0.4) is 0 Å². The Balaban J connectivity index is 1.97. The van der Waals surface area contributed by atoms with Gasteiger partial charge in [-0.2, -0.15) is 0 Å². The maximum absolute atomic E-state index is 5.67. The second-order valence-electron chi connectivity index (χ2n) is 5.21. The molecule has 0 saturated carbocycles. The summed E-state index contributed by atoms with van der Waals surface area (Å²) in [5.74, 6) is 1.04. The van der Waals surface area contributed by atoms with Gasteiger partial charge in [-0.05, 0) is 37.9 Å². The fourth-order valence-electron chi connectivity index (χ4n) is 2.42. The Kier molecular flexibility index (Phi) is 5.16. The van der Waals surface area contributed by atoms with Crippen LogP contribution in [0.25, 0.3) is 0 Å². The van der Waals surface area contributed by atoms with E-state index >= 15 is 0 Å². The lowest BCUT2D eigenvalue weighted by molar-refractivity contribution is 0.116. The summed E-state index contributed by atoms with van der Waals surface area (Å²) in [5, 5.41) is 3.34. The first-order valence-corrected chi connectivity index (χ1v) is 7.20.